The van der Waals surface area contributed by atoms with E-state index in [2.05, 4.69) is 236 Å². The molecule has 0 saturated heterocycles. The van der Waals surface area contributed by atoms with Gasteiger partial charge in [0.1, 0.15) is 0 Å². The molecule has 0 aromatic heterocycles. The summed E-state index contributed by atoms with van der Waals surface area (Å²) in [5, 5.41) is 5.42. The number of anilines is 6. The van der Waals surface area contributed by atoms with Crippen LogP contribution in [-0.4, -0.2) is 16.1 Å². The van der Waals surface area contributed by atoms with Gasteiger partial charge in [-0.15, -0.1) is 0 Å². The Bertz CT molecular complexity index is 2790. The first-order valence-electron chi connectivity index (χ1n) is 22.0. The molecule has 0 amide bonds. The van der Waals surface area contributed by atoms with E-state index < -0.39 is 16.1 Å². The zero-order valence-corrected chi connectivity index (χ0v) is 40.3. The van der Waals surface area contributed by atoms with Gasteiger partial charge in [-0.25, -0.2) is 0 Å². The molecular formula is C57H60N2Si2. The van der Waals surface area contributed by atoms with Crippen LogP contribution in [0.15, 0.2) is 146 Å². The summed E-state index contributed by atoms with van der Waals surface area (Å²) in [6.07, 6.45) is 0. The first kappa shape index (κ1) is 40.7. The lowest BCUT2D eigenvalue weighted by Crippen LogP contribution is -2.63. The van der Waals surface area contributed by atoms with Gasteiger partial charge < -0.3 is 9.80 Å². The molecule has 0 N–H and O–H groups in total. The summed E-state index contributed by atoms with van der Waals surface area (Å²) in [6.45, 7) is 29.1. The highest BCUT2D eigenvalue weighted by Crippen LogP contribution is 2.61. The molecule has 0 heterocycles. The topological polar surface area (TPSA) is 6.48 Å². The number of benzene rings is 8. The molecule has 8 aromatic rings. The lowest BCUT2D eigenvalue weighted by atomic mass is 9.97. The van der Waals surface area contributed by atoms with Crippen molar-refractivity contribution in [3.05, 3.63) is 190 Å². The van der Waals surface area contributed by atoms with Crippen LogP contribution in [0.3, 0.4) is 0 Å². The Balaban J connectivity index is 1.28. The second-order valence-electron chi connectivity index (χ2n) is 20.0. The third kappa shape index (κ3) is 6.58. The number of nitrogens with zero attached hydrogens (tertiary/aromatic N) is 2. The number of rotatable bonds is 8. The number of fused-ring (bicyclic) bond motifs is 7. The van der Waals surface area contributed by atoms with Crippen LogP contribution in [0.25, 0.3) is 32.7 Å². The molecule has 0 bridgehead atoms. The van der Waals surface area contributed by atoms with E-state index in [4.69, 9.17) is 0 Å². The summed E-state index contributed by atoms with van der Waals surface area (Å²) in [6, 6.07) is 55.8. The zero-order chi connectivity index (χ0) is 43.2. The van der Waals surface area contributed by atoms with E-state index in [1.165, 1.54) is 100 Å². The maximum Gasteiger partial charge on any atom is 0.0579 e. The molecule has 8 aromatic carbocycles. The van der Waals surface area contributed by atoms with Crippen LogP contribution in [-0.2, 0) is 4.66 Å². The van der Waals surface area contributed by atoms with Gasteiger partial charge in [-0.3, -0.25) is 0 Å². The Kier molecular flexibility index (Phi) is 9.84. The predicted octanol–water partition coefficient (Wildman–Crippen LogP) is 16.8. The lowest BCUT2D eigenvalue weighted by Gasteiger charge is -2.52. The van der Waals surface area contributed by atoms with Gasteiger partial charge in [-0.2, -0.15) is 0 Å². The molecule has 0 unspecified atom stereocenters. The van der Waals surface area contributed by atoms with Crippen molar-refractivity contribution < 1.29 is 0 Å². The Labute approximate surface area is 366 Å². The minimum atomic E-state index is -2.03. The average Bonchev–Trinajstić information content (AvgIpc) is 3.52. The minimum absolute atomic E-state index is 0.0422. The highest BCUT2D eigenvalue weighted by atomic mass is 28.4. The van der Waals surface area contributed by atoms with Crippen LogP contribution in [0.1, 0.15) is 44.5 Å². The predicted molar refractivity (Wildman–Crippen MR) is 272 cm³/mol. The van der Waals surface area contributed by atoms with E-state index in [9.17, 15) is 0 Å². The van der Waals surface area contributed by atoms with Crippen LogP contribution >= 0.6 is 0 Å². The normalized spacial score (nSPS) is 13.4. The SMILES string of the molecule is Cc1cc(C)cc(N(c2ccc3c4c(ccc3c2)-c2ccc3cc(N(c5cc(C)cc(C)c5)c5ccccc5C)ccc3c2C4([Si](C)(C)C)[Si](C)(C)C)c2ccccc2C)c1. The molecule has 306 valence electrons. The van der Waals surface area contributed by atoms with Crippen LogP contribution in [0.5, 0.6) is 0 Å². The Morgan fingerprint density at radius 3 is 1.07 bits per heavy atom. The molecule has 0 fully saturated rings. The Morgan fingerprint density at radius 2 is 0.721 bits per heavy atom. The minimum Gasteiger partial charge on any atom is -0.310 e. The van der Waals surface area contributed by atoms with E-state index in [1.54, 1.807) is 11.1 Å². The number of hydrogen-bond acceptors (Lipinski definition) is 2. The van der Waals surface area contributed by atoms with E-state index in [1.807, 2.05) is 0 Å². The van der Waals surface area contributed by atoms with Crippen LogP contribution in [0, 0.1) is 41.5 Å². The molecule has 2 nitrogen and oxygen atoms in total. The maximum atomic E-state index is 2.64. The van der Waals surface area contributed by atoms with Gasteiger partial charge in [0.25, 0.3) is 0 Å². The first-order valence-corrected chi connectivity index (χ1v) is 29.0. The van der Waals surface area contributed by atoms with Crippen LogP contribution in [0.2, 0.25) is 39.3 Å². The molecule has 61 heavy (non-hydrogen) atoms. The van der Waals surface area contributed by atoms with E-state index in [0.29, 0.717) is 0 Å². The van der Waals surface area contributed by atoms with Crippen molar-refractivity contribution in [3.63, 3.8) is 0 Å². The molecule has 0 radical (unpaired) electrons. The standard InChI is InChI=1S/C57H60N2Si2/c1-37-29-38(2)32-47(31-37)58(53-19-15-13-17-41(53)5)45-23-27-49-43(35-45)21-25-51-52-26-22-44-36-46(24-28-50(44)56(52)57(55(49)51,60(7,8)9)61(10,11)12)59(54-20-16-14-18-42(54)6)48-33-39(3)30-40(4)34-48/h13-36H,1-12H3. The lowest BCUT2D eigenvalue weighted by molar-refractivity contribution is 0.972. The Morgan fingerprint density at radius 1 is 0.361 bits per heavy atom. The maximum absolute atomic E-state index is 2.64. The molecule has 0 atom stereocenters. The third-order valence-electron chi connectivity index (χ3n) is 13.5. The Hall–Kier alpha value is -5.69. The molecule has 1 aliphatic rings. The number of para-hydroxylation sites is 2. The van der Waals surface area contributed by atoms with Crippen LogP contribution in [0.4, 0.5) is 34.1 Å². The van der Waals surface area contributed by atoms with Gasteiger partial charge in [0.2, 0.25) is 0 Å². The van der Waals surface area contributed by atoms with Crippen molar-refractivity contribution in [3.8, 4) is 11.1 Å². The second kappa shape index (κ2) is 14.7. The summed E-state index contributed by atoms with van der Waals surface area (Å²) in [5.74, 6) is 0. The third-order valence-corrected chi connectivity index (χ3v) is 23.5. The van der Waals surface area contributed by atoms with Gasteiger partial charge >= 0.3 is 0 Å². The van der Waals surface area contributed by atoms with Crippen molar-refractivity contribution >= 4 is 71.8 Å². The quantitative estimate of drug-likeness (QED) is 0.141. The summed E-state index contributed by atoms with van der Waals surface area (Å²) in [7, 11) is -4.05. The highest BCUT2D eigenvalue weighted by molar-refractivity contribution is 7.00. The molecule has 9 rings (SSSR count). The van der Waals surface area contributed by atoms with Gasteiger partial charge in [0.05, 0.1) is 16.1 Å². The van der Waals surface area contributed by atoms with Gasteiger partial charge in [-0.1, -0.05) is 124 Å². The highest BCUT2D eigenvalue weighted by Gasteiger charge is 2.60. The van der Waals surface area contributed by atoms with Crippen molar-refractivity contribution in [2.75, 3.05) is 9.80 Å². The summed E-state index contributed by atoms with van der Waals surface area (Å²) >= 11 is 0. The largest absolute Gasteiger partial charge is 0.310 e. The number of hydrogen-bond donors (Lipinski definition) is 0. The summed E-state index contributed by atoms with van der Waals surface area (Å²) in [5.41, 5.74) is 20.8. The monoisotopic (exact) mass is 828 g/mol. The molecule has 0 saturated carbocycles. The molecule has 4 heteroatoms. The van der Waals surface area contributed by atoms with Crippen molar-refractivity contribution in [2.45, 2.75) is 85.5 Å². The van der Waals surface area contributed by atoms with Gasteiger partial charge in [0.15, 0.2) is 0 Å². The van der Waals surface area contributed by atoms with E-state index >= 15 is 0 Å². The average molecular weight is 829 g/mol. The van der Waals surface area contributed by atoms with E-state index in [-0.39, 0.29) is 4.66 Å². The van der Waals surface area contributed by atoms with Gasteiger partial charge in [0, 0.05) is 38.8 Å². The first-order chi connectivity index (χ1) is 29.0. The van der Waals surface area contributed by atoms with Gasteiger partial charge in [-0.05, 0) is 179 Å². The van der Waals surface area contributed by atoms with Crippen LogP contribution < -0.4 is 9.80 Å². The molecular weight excluding hydrogens is 769 g/mol. The smallest absolute Gasteiger partial charge is 0.0579 e. The van der Waals surface area contributed by atoms with Crippen molar-refractivity contribution in [2.24, 2.45) is 0 Å². The fourth-order valence-corrected chi connectivity index (χ4v) is 24.6. The zero-order valence-electron chi connectivity index (χ0n) is 38.3. The summed E-state index contributed by atoms with van der Waals surface area (Å²) in [4.78, 5) is 4.93. The number of aryl methyl sites for hydroxylation is 6. The fraction of sp³-hybridized carbons (Fsp3) is 0.228. The molecule has 1 aliphatic carbocycles. The van der Waals surface area contributed by atoms with Crippen molar-refractivity contribution in [1.29, 1.82) is 0 Å². The van der Waals surface area contributed by atoms with E-state index in [0.717, 1.165) is 0 Å². The molecule has 0 spiro atoms. The molecule has 0 aliphatic heterocycles. The van der Waals surface area contributed by atoms with Crippen molar-refractivity contribution in [1.82, 2.24) is 0 Å². The summed E-state index contributed by atoms with van der Waals surface area (Å²) < 4.78 is -0.0422. The second-order valence-corrected chi connectivity index (χ2v) is 31.0. The fourth-order valence-electron chi connectivity index (χ4n) is 11.6.